The Morgan fingerprint density at radius 3 is 2.94 bits per heavy atom. The van der Waals surface area contributed by atoms with Crippen molar-refractivity contribution in [2.24, 2.45) is 0 Å². The molecule has 1 rings (SSSR count). The van der Waals surface area contributed by atoms with E-state index in [-0.39, 0.29) is 0 Å². The van der Waals surface area contributed by atoms with Gasteiger partial charge in [-0.3, -0.25) is 4.98 Å². The Bertz CT molecular complexity index is 400. The lowest BCUT2D eigenvalue weighted by atomic mass is 10.1. The van der Waals surface area contributed by atoms with Gasteiger partial charge in [0.1, 0.15) is 0 Å². The van der Waals surface area contributed by atoms with Gasteiger partial charge in [-0.1, -0.05) is 6.08 Å². The number of rotatable bonds is 6. The first kappa shape index (κ1) is 14.1. The van der Waals surface area contributed by atoms with E-state index in [0.717, 1.165) is 23.3 Å². The third-order valence-electron chi connectivity index (χ3n) is 2.23. The molecule has 0 aliphatic carbocycles. The normalized spacial score (nSPS) is 12.1. The van der Waals surface area contributed by atoms with Crippen LogP contribution in [0.25, 0.3) is 0 Å². The highest BCUT2D eigenvalue weighted by atomic mass is 35.5. The molecular weight excluding hydrogens is 255 g/mol. The molecule has 0 aliphatic heterocycles. The molecular formula is C13H16Cl2N2. The number of aromatic nitrogens is 1. The zero-order valence-electron chi connectivity index (χ0n) is 9.79. The minimum Gasteiger partial charge on any atom is -0.394 e. The van der Waals surface area contributed by atoms with Gasteiger partial charge in [0.2, 0.25) is 0 Å². The summed E-state index contributed by atoms with van der Waals surface area (Å²) in [6.07, 6.45) is 8.43. The van der Waals surface area contributed by atoms with E-state index in [0.29, 0.717) is 11.8 Å². The molecule has 1 aromatic rings. The number of hydrogen-bond acceptors (Lipinski definition) is 2. The van der Waals surface area contributed by atoms with Crippen LogP contribution in [-0.2, 0) is 12.3 Å². The minimum absolute atomic E-state index is 0.493. The van der Waals surface area contributed by atoms with E-state index in [2.05, 4.69) is 16.4 Å². The Labute approximate surface area is 112 Å². The van der Waals surface area contributed by atoms with Gasteiger partial charge in [0.15, 0.2) is 0 Å². The van der Waals surface area contributed by atoms with Gasteiger partial charge in [-0.05, 0) is 35.5 Å². The van der Waals surface area contributed by atoms with E-state index in [1.807, 2.05) is 31.5 Å². The molecule has 1 aromatic heterocycles. The fraction of sp³-hybridized carbons (Fsp3) is 0.308. The molecule has 0 atom stereocenters. The van der Waals surface area contributed by atoms with Gasteiger partial charge in [-0.2, -0.15) is 0 Å². The smallest absolute Gasteiger partial charge is 0.0475 e. The van der Waals surface area contributed by atoms with Crippen LogP contribution in [-0.4, -0.2) is 17.9 Å². The average Bonchev–Trinajstić information content (AvgIpc) is 2.39. The highest BCUT2D eigenvalue weighted by Gasteiger charge is 1.96. The van der Waals surface area contributed by atoms with Crippen molar-refractivity contribution < 1.29 is 0 Å². The van der Waals surface area contributed by atoms with Crippen molar-refractivity contribution in [3.8, 4) is 0 Å². The Morgan fingerprint density at radius 2 is 2.29 bits per heavy atom. The fourth-order valence-corrected chi connectivity index (χ4v) is 1.68. The summed E-state index contributed by atoms with van der Waals surface area (Å²) in [5, 5.41) is 2.94. The number of hydrogen-bond donors (Lipinski definition) is 1. The number of alkyl halides is 2. The second kappa shape index (κ2) is 8.15. The maximum Gasteiger partial charge on any atom is 0.0475 e. The SMILES string of the molecule is CN/C=C\C(=C/Cc1cc(CCl)ccn1)CCl. The lowest BCUT2D eigenvalue weighted by Gasteiger charge is -2.00. The van der Waals surface area contributed by atoms with E-state index in [4.69, 9.17) is 23.2 Å². The summed E-state index contributed by atoms with van der Waals surface area (Å²) in [7, 11) is 1.86. The fourth-order valence-electron chi connectivity index (χ4n) is 1.32. The van der Waals surface area contributed by atoms with Crippen LogP contribution in [0.3, 0.4) is 0 Å². The summed E-state index contributed by atoms with van der Waals surface area (Å²) in [6, 6.07) is 3.93. The monoisotopic (exact) mass is 270 g/mol. The van der Waals surface area contributed by atoms with Crippen LogP contribution in [0.5, 0.6) is 0 Å². The quantitative estimate of drug-likeness (QED) is 0.634. The van der Waals surface area contributed by atoms with Crippen LogP contribution in [0.15, 0.2) is 42.3 Å². The Kier molecular flexibility index (Phi) is 6.75. The van der Waals surface area contributed by atoms with Gasteiger partial charge in [0, 0.05) is 37.1 Å². The first-order chi connectivity index (χ1) is 8.30. The second-order valence-corrected chi connectivity index (χ2v) is 4.06. The standard InChI is InChI=1S/C13H16Cl2N2/c1-16-6-4-11(9-14)2-3-13-8-12(10-15)5-7-17-13/h2,4-8,16H,3,9-10H2,1H3/b6-4-,11-2+. The lowest BCUT2D eigenvalue weighted by molar-refractivity contribution is 1.08. The van der Waals surface area contributed by atoms with E-state index < -0.39 is 0 Å². The maximum absolute atomic E-state index is 5.84. The largest absolute Gasteiger partial charge is 0.394 e. The molecule has 1 heterocycles. The van der Waals surface area contributed by atoms with Crippen molar-refractivity contribution in [1.82, 2.24) is 10.3 Å². The van der Waals surface area contributed by atoms with Crippen molar-refractivity contribution in [3.63, 3.8) is 0 Å². The van der Waals surface area contributed by atoms with Crippen LogP contribution >= 0.6 is 23.2 Å². The molecule has 0 aliphatic rings. The zero-order chi connectivity index (χ0) is 12.5. The first-order valence-corrected chi connectivity index (χ1v) is 6.45. The van der Waals surface area contributed by atoms with Gasteiger partial charge < -0.3 is 5.32 Å². The van der Waals surface area contributed by atoms with Crippen LogP contribution in [0, 0.1) is 0 Å². The highest BCUT2D eigenvalue weighted by Crippen LogP contribution is 2.08. The van der Waals surface area contributed by atoms with Crippen molar-refractivity contribution in [1.29, 1.82) is 0 Å². The summed E-state index contributed by atoms with van der Waals surface area (Å²) in [5.74, 6) is 1.01. The highest BCUT2D eigenvalue weighted by molar-refractivity contribution is 6.19. The molecule has 0 fully saturated rings. The van der Waals surface area contributed by atoms with Crippen molar-refractivity contribution >= 4 is 23.2 Å². The van der Waals surface area contributed by atoms with Gasteiger partial charge >= 0.3 is 0 Å². The first-order valence-electron chi connectivity index (χ1n) is 5.38. The Balaban J connectivity index is 2.69. The third-order valence-corrected chi connectivity index (χ3v) is 2.84. The predicted molar refractivity (Wildman–Crippen MR) is 74.5 cm³/mol. The molecule has 0 radical (unpaired) electrons. The molecule has 0 saturated carbocycles. The Morgan fingerprint density at radius 1 is 1.47 bits per heavy atom. The molecule has 0 spiro atoms. The predicted octanol–water partition coefficient (Wildman–Crippen LogP) is 3.26. The zero-order valence-corrected chi connectivity index (χ0v) is 11.3. The van der Waals surface area contributed by atoms with Gasteiger partial charge in [-0.25, -0.2) is 0 Å². The van der Waals surface area contributed by atoms with Gasteiger partial charge in [-0.15, -0.1) is 23.2 Å². The maximum atomic E-state index is 5.84. The summed E-state index contributed by atoms with van der Waals surface area (Å²) in [6.45, 7) is 0. The topological polar surface area (TPSA) is 24.9 Å². The number of halogens is 2. The van der Waals surface area contributed by atoms with Crippen molar-refractivity contribution in [3.05, 3.63) is 53.5 Å². The third kappa shape index (κ3) is 5.24. The van der Waals surface area contributed by atoms with Crippen molar-refractivity contribution in [2.75, 3.05) is 12.9 Å². The van der Waals surface area contributed by atoms with Crippen LogP contribution < -0.4 is 5.32 Å². The van der Waals surface area contributed by atoms with E-state index in [9.17, 15) is 0 Å². The molecule has 0 saturated heterocycles. The Hall–Kier alpha value is -0.990. The molecule has 0 aromatic carbocycles. The summed E-state index contributed by atoms with van der Waals surface area (Å²) in [5.41, 5.74) is 3.16. The number of nitrogens with zero attached hydrogens (tertiary/aromatic N) is 1. The van der Waals surface area contributed by atoms with Crippen LogP contribution in [0.2, 0.25) is 0 Å². The van der Waals surface area contributed by atoms with Crippen LogP contribution in [0.1, 0.15) is 11.3 Å². The summed E-state index contributed by atoms with van der Waals surface area (Å²) >= 11 is 11.6. The van der Waals surface area contributed by atoms with Gasteiger partial charge in [0.05, 0.1) is 0 Å². The minimum atomic E-state index is 0.493. The molecule has 1 N–H and O–H groups in total. The summed E-state index contributed by atoms with van der Waals surface area (Å²) in [4.78, 5) is 4.29. The number of nitrogens with one attached hydrogen (secondary N) is 1. The van der Waals surface area contributed by atoms with E-state index in [1.54, 1.807) is 6.20 Å². The molecule has 0 bridgehead atoms. The van der Waals surface area contributed by atoms with Crippen LogP contribution in [0.4, 0.5) is 0 Å². The molecule has 0 unspecified atom stereocenters. The van der Waals surface area contributed by atoms with E-state index in [1.165, 1.54) is 0 Å². The molecule has 2 nitrogen and oxygen atoms in total. The number of pyridine rings is 1. The average molecular weight is 271 g/mol. The number of allylic oxidation sites excluding steroid dienone is 3. The second-order valence-electron chi connectivity index (χ2n) is 3.53. The lowest BCUT2D eigenvalue weighted by Crippen LogP contribution is -1.94. The van der Waals surface area contributed by atoms with Gasteiger partial charge in [0.25, 0.3) is 0 Å². The van der Waals surface area contributed by atoms with Crippen molar-refractivity contribution in [2.45, 2.75) is 12.3 Å². The van der Waals surface area contributed by atoms with E-state index >= 15 is 0 Å². The molecule has 17 heavy (non-hydrogen) atoms. The molecule has 4 heteroatoms. The summed E-state index contributed by atoms with van der Waals surface area (Å²) < 4.78 is 0. The molecule has 0 amide bonds. The molecule has 92 valence electrons.